The van der Waals surface area contributed by atoms with Gasteiger partial charge in [-0.1, -0.05) is 0 Å². The van der Waals surface area contributed by atoms with Gasteiger partial charge in [-0.05, 0) is 0 Å². The molecule has 0 saturated carbocycles. The average molecular weight is 270 g/mol. The summed E-state index contributed by atoms with van der Waals surface area (Å²) in [6.07, 6.45) is 0. The summed E-state index contributed by atoms with van der Waals surface area (Å²) < 4.78 is 1.45. The van der Waals surface area contributed by atoms with Gasteiger partial charge in [0.25, 0.3) is 0 Å². The zero-order chi connectivity index (χ0) is 5.11. The van der Waals surface area contributed by atoms with Crippen molar-refractivity contribution in [1.29, 1.82) is 0 Å². The van der Waals surface area contributed by atoms with Crippen LogP contribution in [-0.2, 0) is 18.3 Å². The zero-order valence-electron chi connectivity index (χ0n) is 4.50. The molecular formula is C6H6IZn. The van der Waals surface area contributed by atoms with Gasteiger partial charge in [0.15, 0.2) is 0 Å². The van der Waals surface area contributed by atoms with Gasteiger partial charge in [0.05, 0.1) is 0 Å². The van der Waals surface area contributed by atoms with Crippen LogP contribution in [-0.4, -0.2) is 0 Å². The van der Waals surface area contributed by atoms with Crippen molar-refractivity contribution in [3.8, 4) is 0 Å². The first kappa shape index (κ1) is 8.57. The second-order valence-electron chi connectivity index (χ2n) is 1.49. The van der Waals surface area contributed by atoms with E-state index < -0.39 is 0 Å². The fourth-order valence-electron chi connectivity index (χ4n) is 0.478. The van der Waals surface area contributed by atoms with Crippen LogP contribution in [0.25, 0.3) is 0 Å². The molecule has 8 heavy (non-hydrogen) atoms. The Hall–Kier alpha value is 0.573. The van der Waals surface area contributed by atoms with E-state index in [2.05, 4.69) is 24.3 Å². The number of rotatable bonds is 0. The van der Waals surface area contributed by atoms with Crippen LogP contribution in [0.4, 0.5) is 0 Å². The third-order valence-corrected chi connectivity index (χ3v) is 1.83. The molecule has 0 atom stereocenters. The molecule has 0 spiro atoms. The van der Waals surface area contributed by atoms with Crippen molar-refractivity contribution in [2.75, 3.05) is 0 Å². The Labute approximate surface area is 76.4 Å². The molecule has 0 unspecified atom stereocenters. The maximum absolute atomic E-state index is 2.14. The van der Waals surface area contributed by atoms with E-state index in [0.717, 1.165) is 0 Å². The molecule has 1 rings (SSSR count). The molecule has 39 valence electrons. The van der Waals surface area contributed by atoms with E-state index in [-0.39, 0.29) is 24.0 Å². The van der Waals surface area contributed by atoms with E-state index >= 15 is 0 Å². The van der Waals surface area contributed by atoms with Crippen molar-refractivity contribution in [3.05, 3.63) is 30.3 Å². The minimum atomic E-state index is 0. The molecule has 0 fully saturated rings. The third-order valence-electron chi connectivity index (χ3n) is 0.843. The topological polar surface area (TPSA) is 0 Å². The predicted molar refractivity (Wildman–Crippen MR) is 41.5 cm³/mol. The van der Waals surface area contributed by atoms with Crippen LogP contribution in [0.15, 0.2) is 30.3 Å². The van der Waals surface area contributed by atoms with Crippen LogP contribution in [0.5, 0.6) is 0 Å². The van der Waals surface area contributed by atoms with E-state index in [4.69, 9.17) is 0 Å². The standard InChI is InChI=1S/C6H5.HI.Zn/c1-2-4-6-5-3-1;;/h1-5H;1H;. The molecule has 0 aromatic heterocycles. The summed E-state index contributed by atoms with van der Waals surface area (Å²) in [7, 11) is 0. The molecule has 0 nitrogen and oxygen atoms in total. The first-order valence-corrected chi connectivity index (χ1v) is 3.75. The van der Waals surface area contributed by atoms with Gasteiger partial charge in [0.1, 0.15) is 0 Å². The molecular weight excluding hydrogens is 264 g/mol. The van der Waals surface area contributed by atoms with Crippen LogP contribution in [0, 0.1) is 0 Å². The number of halogens is 1. The summed E-state index contributed by atoms with van der Waals surface area (Å²) in [5.74, 6) is 0. The summed E-state index contributed by atoms with van der Waals surface area (Å²) in [5, 5.41) is 0. The predicted octanol–water partition coefficient (Wildman–Crippen LogP) is 1.48. The summed E-state index contributed by atoms with van der Waals surface area (Å²) in [6.45, 7) is 0. The summed E-state index contributed by atoms with van der Waals surface area (Å²) in [5.41, 5.74) is 0. The first-order valence-electron chi connectivity index (χ1n) is 2.26. The van der Waals surface area contributed by atoms with Gasteiger partial charge in [0, 0.05) is 0 Å². The van der Waals surface area contributed by atoms with Crippen molar-refractivity contribution >= 4 is 28.1 Å². The van der Waals surface area contributed by atoms with E-state index in [1.54, 1.807) is 0 Å². The molecule has 0 bridgehead atoms. The van der Waals surface area contributed by atoms with E-state index in [1.807, 2.05) is 6.07 Å². The monoisotopic (exact) mass is 269 g/mol. The van der Waals surface area contributed by atoms with Crippen molar-refractivity contribution in [2.45, 2.75) is 0 Å². The maximum atomic E-state index is 2.14. The Morgan fingerprint density at radius 1 is 1.00 bits per heavy atom. The van der Waals surface area contributed by atoms with Crippen LogP contribution < -0.4 is 4.16 Å². The van der Waals surface area contributed by atoms with Gasteiger partial charge in [-0.2, -0.15) is 0 Å². The normalized spacial score (nSPS) is 7.75. The van der Waals surface area contributed by atoms with Crippen molar-refractivity contribution in [3.63, 3.8) is 0 Å². The second-order valence-corrected chi connectivity index (χ2v) is 3.20. The van der Waals surface area contributed by atoms with Crippen molar-refractivity contribution in [2.24, 2.45) is 0 Å². The molecule has 0 aliphatic carbocycles. The Kier molecular flexibility index (Phi) is 4.77. The summed E-state index contributed by atoms with van der Waals surface area (Å²) >= 11 is 1.26. The Morgan fingerprint density at radius 3 is 1.75 bits per heavy atom. The van der Waals surface area contributed by atoms with E-state index in [1.165, 1.54) is 22.5 Å². The summed E-state index contributed by atoms with van der Waals surface area (Å²) in [6, 6.07) is 10.5. The SMILES string of the molecule is I.[Zn][c]1ccccc1. The van der Waals surface area contributed by atoms with Crippen LogP contribution in [0.3, 0.4) is 0 Å². The summed E-state index contributed by atoms with van der Waals surface area (Å²) in [4.78, 5) is 0. The van der Waals surface area contributed by atoms with Gasteiger partial charge in [-0.15, -0.1) is 24.0 Å². The van der Waals surface area contributed by atoms with Gasteiger partial charge in [0.2, 0.25) is 0 Å². The first-order chi connectivity index (χ1) is 3.39. The molecule has 0 amide bonds. The average Bonchev–Trinajstić information content (AvgIpc) is 1.69. The van der Waals surface area contributed by atoms with Gasteiger partial charge in [-0.3, -0.25) is 0 Å². The molecule has 2 heteroatoms. The van der Waals surface area contributed by atoms with E-state index in [0.29, 0.717) is 0 Å². The zero-order valence-corrected chi connectivity index (χ0v) is 9.80. The Morgan fingerprint density at radius 2 is 1.50 bits per heavy atom. The van der Waals surface area contributed by atoms with Crippen molar-refractivity contribution < 1.29 is 18.3 Å². The molecule has 1 aromatic rings. The number of hydrogen-bond donors (Lipinski definition) is 0. The fourth-order valence-corrected chi connectivity index (χ4v) is 1.05. The van der Waals surface area contributed by atoms with E-state index in [9.17, 15) is 0 Å². The van der Waals surface area contributed by atoms with Gasteiger partial charge in [-0.25, -0.2) is 0 Å². The van der Waals surface area contributed by atoms with Crippen LogP contribution in [0.1, 0.15) is 0 Å². The molecule has 0 saturated heterocycles. The second kappa shape index (κ2) is 4.45. The van der Waals surface area contributed by atoms with Gasteiger partial charge < -0.3 is 0 Å². The van der Waals surface area contributed by atoms with Crippen LogP contribution in [0.2, 0.25) is 0 Å². The van der Waals surface area contributed by atoms with Crippen LogP contribution >= 0.6 is 24.0 Å². The minimum absolute atomic E-state index is 0. The Bertz CT molecular complexity index is 138. The molecule has 0 aliphatic heterocycles. The Balaban J connectivity index is 0.000000490. The molecule has 0 aliphatic rings. The third kappa shape index (κ3) is 2.78. The quantitative estimate of drug-likeness (QED) is 0.495. The molecule has 1 aromatic carbocycles. The molecule has 0 radical (unpaired) electrons. The van der Waals surface area contributed by atoms with Gasteiger partial charge >= 0.3 is 52.8 Å². The molecule has 0 heterocycles. The fraction of sp³-hybridized carbons (Fsp3) is 0. The number of benzene rings is 1. The molecule has 0 N–H and O–H groups in total. The number of hydrogen-bond acceptors (Lipinski definition) is 0. The van der Waals surface area contributed by atoms with Crippen molar-refractivity contribution in [1.82, 2.24) is 0 Å².